The van der Waals surface area contributed by atoms with Gasteiger partial charge in [-0.2, -0.15) is 0 Å². The molecule has 1 aliphatic heterocycles. The van der Waals surface area contributed by atoms with Gasteiger partial charge in [-0.05, 0) is 43.7 Å². The maximum absolute atomic E-state index is 12.7. The fourth-order valence-electron chi connectivity index (χ4n) is 3.36. The van der Waals surface area contributed by atoms with Crippen molar-refractivity contribution in [2.45, 2.75) is 25.8 Å². The highest BCUT2D eigenvalue weighted by atomic mass is 32.1. The number of benzene rings is 2. The van der Waals surface area contributed by atoms with E-state index in [2.05, 4.69) is 10.3 Å². The molecule has 3 aromatic rings. The van der Waals surface area contributed by atoms with E-state index in [1.54, 1.807) is 29.5 Å². The first-order chi connectivity index (χ1) is 14.1. The van der Waals surface area contributed by atoms with E-state index in [9.17, 15) is 9.59 Å². The van der Waals surface area contributed by atoms with E-state index < -0.39 is 0 Å². The number of amides is 2. The maximum atomic E-state index is 12.7. The number of nitrogens with one attached hydrogen (secondary N) is 1. The van der Waals surface area contributed by atoms with Crippen LogP contribution < -0.4 is 10.1 Å². The highest BCUT2D eigenvalue weighted by Crippen LogP contribution is 2.26. The first kappa shape index (κ1) is 19.4. The highest BCUT2D eigenvalue weighted by Gasteiger charge is 2.19. The van der Waals surface area contributed by atoms with Gasteiger partial charge in [0.15, 0.2) is 0 Å². The third kappa shape index (κ3) is 4.56. The largest absolute Gasteiger partial charge is 0.492 e. The molecule has 2 aromatic carbocycles. The molecule has 7 heteroatoms. The van der Waals surface area contributed by atoms with Crippen molar-refractivity contribution >= 4 is 33.4 Å². The van der Waals surface area contributed by atoms with Crippen LogP contribution in [0, 0.1) is 0 Å². The van der Waals surface area contributed by atoms with Crippen molar-refractivity contribution < 1.29 is 14.3 Å². The molecular weight excluding hydrogens is 386 g/mol. The molecule has 1 aliphatic rings. The summed E-state index contributed by atoms with van der Waals surface area (Å²) in [4.78, 5) is 30.8. The van der Waals surface area contributed by atoms with Crippen LogP contribution in [0.5, 0.6) is 5.75 Å². The molecule has 6 nitrogen and oxygen atoms in total. The molecule has 2 heterocycles. The molecule has 150 valence electrons. The molecule has 2 amide bonds. The smallest absolute Gasteiger partial charge is 0.251 e. The van der Waals surface area contributed by atoms with E-state index in [-0.39, 0.29) is 17.9 Å². The Balaban J connectivity index is 1.35. The number of hydrogen-bond acceptors (Lipinski definition) is 5. The molecule has 4 rings (SSSR count). The molecule has 0 saturated carbocycles. The summed E-state index contributed by atoms with van der Waals surface area (Å²) in [6, 6.07) is 14.9. The second kappa shape index (κ2) is 8.61. The summed E-state index contributed by atoms with van der Waals surface area (Å²) in [6.45, 7) is 3.72. The zero-order valence-corrected chi connectivity index (χ0v) is 17.1. The van der Waals surface area contributed by atoms with Gasteiger partial charge in [0.1, 0.15) is 17.4 Å². The molecule has 0 bridgehead atoms. The van der Waals surface area contributed by atoms with Crippen LogP contribution in [0.25, 0.3) is 10.2 Å². The number of ether oxygens (including phenoxy) is 1. The Bertz CT molecular complexity index is 1000. The van der Waals surface area contributed by atoms with Crippen LogP contribution >= 0.6 is 11.3 Å². The number of aromatic nitrogens is 1. The van der Waals surface area contributed by atoms with E-state index >= 15 is 0 Å². The number of carbonyl (C=O) groups excluding carboxylic acids is 2. The van der Waals surface area contributed by atoms with Crippen molar-refractivity contribution in [2.24, 2.45) is 0 Å². The van der Waals surface area contributed by atoms with Crippen molar-refractivity contribution in [3.8, 4) is 5.75 Å². The summed E-state index contributed by atoms with van der Waals surface area (Å²) in [7, 11) is 0. The van der Waals surface area contributed by atoms with Gasteiger partial charge in [-0.1, -0.05) is 18.2 Å². The summed E-state index contributed by atoms with van der Waals surface area (Å²) in [6.07, 6.45) is 1.55. The number of hydrogen-bond donors (Lipinski definition) is 1. The minimum absolute atomic E-state index is 0.170. The fraction of sp³-hybridized carbons (Fsp3) is 0.318. The van der Waals surface area contributed by atoms with Crippen LogP contribution in [0.1, 0.15) is 41.2 Å². The molecule has 1 saturated heterocycles. The number of nitrogens with zero attached hydrogens (tertiary/aromatic N) is 2. The molecule has 0 unspecified atom stereocenters. The van der Waals surface area contributed by atoms with Crippen LogP contribution in [-0.2, 0) is 4.79 Å². The molecule has 0 spiro atoms. The third-order valence-electron chi connectivity index (χ3n) is 4.93. The van der Waals surface area contributed by atoms with Crippen molar-refractivity contribution in [3.63, 3.8) is 0 Å². The van der Waals surface area contributed by atoms with Crippen molar-refractivity contribution in [2.75, 3.05) is 19.7 Å². The normalized spacial score (nSPS) is 14.9. The van der Waals surface area contributed by atoms with Gasteiger partial charge in [-0.3, -0.25) is 9.59 Å². The summed E-state index contributed by atoms with van der Waals surface area (Å²) in [5.74, 6) is 0.638. The van der Waals surface area contributed by atoms with Crippen LogP contribution in [0.4, 0.5) is 0 Å². The van der Waals surface area contributed by atoms with E-state index in [4.69, 9.17) is 4.74 Å². The first-order valence-electron chi connectivity index (χ1n) is 9.77. The third-order valence-corrected chi connectivity index (χ3v) is 6.15. The number of thiazole rings is 1. The Labute approximate surface area is 173 Å². The quantitative estimate of drug-likeness (QED) is 0.645. The topological polar surface area (TPSA) is 71.5 Å². The van der Waals surface area contributed by atoms with Gasteiger partial charge in [-0.15, -0.1) is 11.3 Å². The lowest BCUT2D eigenvalue weighted by Gasteiger charge is -2.16. The van der Waals surface area contributed by atoms with E-state index in [1.165, 1.54) is 0 Å². The van der Waals surface area contributed by atoms with Crippen molar-refractivity contribution in [1.82, 2.24) is 15.2 Å². The lowest BCUT2D eigenvalue weighted by molar-refractivity contribution is -0.128. The summed E-state index contributed by atoms with van der Waals surface area (Å²) in [5, 5.41) is 3.88. The van der Waals surface area contributed by atoms with Crippen LogP contribution in [0.3, 0.4) is 0 Å². The monoisotopic (exact) mass is 409 g/mol. The highest BCUT2D eigenvalue weighted by molar-refractivity contribution is 7.18. The van der Waals surface area contributed by atoms with Crippen LogP contribution in [-0.4, -0.2) is 41.4 Å². The predicted molar refractivity (Wildman–Crippen MR) is 113 cm³/mol. The molecule has 1 atom stereocenters. The number of rotatable bonds is 7. The number of likely N-dealkylation sites (tertiary alicyclic amines) is 1. The Hall–Kier alpha value is -2.93. The molecule has 1 N–H and O–H groups in total. The average Bonchev–Trinajstić information content (AvgIpc) is 3.34. The summed E-state index contributed by atoms with van der Waals surface area (Å²) < 4.78 is 6.86. The minimum Gasteiger partial charge on any atom is -0.492 e. The number of carbonyl (C=O) groups is 2. The van der Waals surface area contributed by atoms with Crippen LogP contribution in [0.2, 0.25) is 0 Å². The van der Waals surface area contributed by atoms with Crippen LogP contribution in [0.15, 0.2) is 48.5 Å². The molecule has 1 aromatic heterocycles. The Kier molecular flexibility index (Phi) is 5.76. The van der Waals surface area contributed by atoms with Gasteiger partial charge < -0.3 is 15.0 Å². The fourth-order valence-corrected chi connectivity index (χ4v) is 4.33. The maximum Gasteiger partial charge on any atom is 0.251 e. The van der Waals surface area contributed by atoms with Gasteiger partial charge in [0.25, 0.3) is 5.91 Å². The van der Waals surface area contributed by atoms with E-state index in [1.807, 2.05) is 42.2 Å². The van der Waals surface area contributed by atoms with Gasteiger partial charge >= 0.3 is 0 Å². The van der Waals surface area contributed by atoms with E-state index in [0.717, 1.165) is 28.2 Å². The lowest BCUT2D eigenvalue weighted by Crippen LogP contribution is -2.29. The van der Waals surface area contributed by atoms with Crippen molar-refractivity contribution in [3.05, 3.63) is 59.1 Å². The number of fused-ring (bicyclic) bond motifs is 1. The van der Waals surface area contributed by atoms with E-state index in [0.29, 0.717) is 30.9 Å². The molecule has 29 heavy (non-hydrogen) atoms. The van der Waals surface area contributed by atoms with Crippen molar-refractivity contribution in [1.29, 1.82) is 0 Å². The second-order valence-corrected chi connectivity index (χ2v) is 8.14. The van der Waals surface area contributed by atoms with Gasteiger partial charge in [-0.25, -0.2) is 4.98 Å². The van der Waals surface area contributed by atoms with Gasteiger partial charge in [0.05, 0.1) is 22.8 Å². The minimum atomic E-state index is -0.189. The Morgan fingerprint density at radius 2 is 2.14 bits per heavy atom. The Morgan fingerprint density at radius 1 is 1.28 bits per heavy atom. The molecular formula is C22H23N3O3S. The first-order valence-corrected chi connectivity index (χ1v) is 10.6. The summed E-state index contributed by atoms with van der Waals surface area (Å²) in [5.41, 5.74) is 1.48. The number of para-hydroxylation sites is 1. The zero-order valence-electron chi connectivity index (χ0n) is 16.3. The second-order valence-electron chi connectivity index (χ2n) is 7.08. The average molecular weight is 410 g/mol. The Morgan fingerprint density at radius 3 is 2.93 bits per heavy atom. The standard InChI is InChI=1S/C22H23N3O3S/c1-15(22-24-18-8-2-3-9-19(18)29-22)23-21(27)16-6-4-7-17(14-16)28-13-12-25-11-5-10-20(25)26/h2-4,6-9,14-15H,5,10-13H2,1H3,(H,23,27)/t15-/m1/s1. The molecule has 1 fully saturated rings. The predicted octanol–water partition coefficient (Wildman–Crippen LogP) is 3.79. The van der Waals surface area contributed by atoms with Gasteiger partial charge in [0, 0.05) is 18.5 Å². The molecule has 0 aliphatic carbocycles. The molecule has 0 radical (unpaired) electrons. The zero-order chi connectivity index (χ0) is 20.2. The summed E-state index contributed by atoms with van der Waals surface area (Å²) >= 11 is 1.59. The van der Waals surface area contributed by atoms with Gasteiger partial charge in [0.2, 0.25) is 5.91 Å². The lowest BCUT2D eigenvalue weighted by atomic mass is 10.2. The SMILES string of the molecule is C[C@@H](NC(=O)c1cccc(OCCN2CCCC2=O)c1)c1nc2ccccc2s1.